The van der Waals surface area contributed by atoms with Crippen LogP contribution in [0, 0.1) is 5.82 Å². The number of benzene rings is 2. The molecule has 1 heterocycles. The Balaban J connectivity index is 2.03. The third-order valence-corrected chi connectivity index (χ3v) is 5.18. The van der Waals surface area contributed by atoms with E-state index >= 15 is 0 Å². The van der Waals surface area contributed by atoms with Crippen LogP contribution < -0.4 is 0 Å². The Hall–Kier alpha value is -3.48. The predicted molar refractivity (Wildman–Crippen MR) is 107 cm³/mol. The first-order valence-corrected chi connectivity index (χ1v) is 9.45. The number of hydrogen-bond acceptors (Lipinski definition) is 5. The number of ether oxygens (including phenoxy) is 1. The second-order valence-corrected chi connectivity index (χ2v) is 7.12. The van der Waals surface area contributed by atoms with E-state index in [1.165, 1.54) is 37.1 Å². The van der Waals surface area contributed by atoms with Crippen molar-refractivity contribution in [1.82, 2.24) is 4.90 Å². The number of ketones is 1. The van der Waals surface area contributed by atoms with E-state index in [0.29, 0.717) is 5.56 Å². The van der Waals surface area contributed by atoms with E-state index < -0.39 is 41.2 Å². The van der Waals surface area contributed by atoms with Gasteiger partial charge in [0.05, 0.1) is 25.1 Å². The van der Waals surface area contributed by atoms with Gasteiger partial charge in [-0.05, 0) is 30.2 Å². The van der Waals surface area contributed by atoms with Gasteiger partial charge < -0.3 is 14.7 Å². The van der Waals surface area contributed by atoms with Crippen LogP contribution in [0.4, 0.5) is 4.39 Å². The topological polar surface area (TPSA) is 83.9 Å². The number of hydrogen-bond donors (Lipinski definition) is 1. The van der Waals surface area contributed by atoms with Gasteiger partial charge in [0.15, 0.2) is 11.5 Å². The largest absolute Gasteiger partial charge is 0.503 e. The Morgan fingerprint density at radius 3 is 2.47 bits per heavy atom. The number of aliphatic hydroxyl groups excluding tert-OH is 1. The van der Waals surface area contributed by atoms with Gasteiger partial charge in [0, 0.05) is 12.5 Å². The molecule has 1 amide bonds. The molecule has 0 bridgehead atoms. The molecule has 3 rings (SSSR count). The molecule has 1 aliphatic heterocycles. The molecule has 1 aliphatic rings. The van der Waals surface area contributed by atoms with E-state index in [9.17, 15) is 23.9 Å². The van der Waals surface area contributed by atoms with E-state index in [4.69, 9.17) is 4.74 Å². The van der Waals surface area contributed by atoms with Gasteiger partial charge in [-0.1, -0.05) is 42.5 Å². The van der Waals surface area contributed by atoms with Crippen LogP contribution in [-0.4, -0.2) is 41.3 Å². The summed E-state index contributed by atoms with van der Waals surface area (Å²) < 4.78 is 18.7. The van der Waals surface area contributed by atoms with Crippen molar-refractivity contribution in [3.63, 3.8) is 0 Å². The summed E-state index contributed by atoms with van der Waals surface area (Å²) in [6.45, 7) is 1.28. The molecule has 7 heteroatoms. The minimum atomic E-state index is -0.949. The maximum Gasteiger partial charge on any atom is 0.306 e. The molecule has 0 aromatic heterocycles. The van der Waals surface area contributed by atoms with Gasteiger partial charge in [0.25, 0.3) is 5.91 Å². The lowest BCUT2D eigenvalue weighted by Crippen LogP contribution is -2.35. The van der Waals surface area contributed by atoms with Gasteiger partial charge in [-0.15, -0.1) is 0 Å². The Morgan fingerprint density at radius 1 is 1.17 bits per heavy atom. The minimum Gasteiger partial charge on any atom is -0.503 e. The van der Waals surface area contributed by atoms with E-state index in [1.54, 1.807) is 6.07 Å². The molecule has 2 aromatic rings. The number of nitrogens with zero attached hydrogens (tertiary/aromatic N) is 1. The Kier molecular flexibility index (Phi) is 6.30. The molecule has 1 N–H and O–H groups in total. The second-order valence-electron chi connectivity index (χ2n) is 7.12. The first kappa shape index (κ1) is 21.2. The SMILES string of the molecule is COC(=O)C[C@@H](CN1C(=O)C(O)=C(C(C)=O)[C@H]1c1cccc(F)c1)c1ccccc1. The fourth-order valence-corrected chi connectivity index (χ4v) is 3.76. The zero-order chi connectivity index (χ0) is 21.8. The highest BCUT2D eigenvalue weighted by Crippen LogP contribution is 2.39. The summed E-state index contributed by atoms with van der Waals surface area (Å²) in [6.07, 6.45) is -0.00364. The van der Waals surface area contributed by atoms with E-state index in [2.05, 4.69) is 0 Å². The lowest BCUT2D eigenvalue weighted by atomic mass is 9.92. The standard InChI is InChI=1S/C23H22FNO5/c1-14(26)20-21(16-9-6-10-18(24)11-16)25(23(29)22(20)28)13-17(12-19(27)30-2)15-7-4-3-5-8-15/h3-11,17,21,28H,12-13H2,1-2H3/t17-,21+/m0/s1. The molecular formula is C23H22FNO5. The summed E-state index contributed by atoms with van der Waals surface area (Å²) in [6, 6.07) is 13.7. The highest BCUT2D eigenvalue weighted by atomic mass is 19.1. The lowest BCUT2D eigenvalue weighted by molar-refractivity contribution is -0.141. The Bertz CT molecular complexity index is 1000. The van der Waals surface area contributed by atoms with Gasteiger partial charge in [0.1, 0.15) is 5.82 Å². The van der Waals surface area contributed by atoms with Crippen molar-refractivity contribution in [1.29, 1.82) is 0 Å². The van der Waals surface area contributed by atoms with Crippen LogP contribution in [0.25, 0.3) is 0 Å². The Morgan fingerprint density at radius 2 is 1.87 bits per heavy atom. The zero-order valence-corrected chi connectivity index (χ0v) is 16.7. The van der Waals surface area contributed by atoms with Gasteiger partial charge in [-0.25, -0.2) is 4.39 Å². The fourth-order valence-electron chi connectivity index (χ4n) is 3.76. The number of halogens is 1. The molecule has 0 aliphatic carbocycles. The smallest absolute Gasteiger partial charge is 0.306 e. The van der Waals surface area contributed by atoms with Crippen LogP contribution in [0.3, 0.4) is 0 Å². The number of rotatable bonds is 7. The average Bonchev–Trinajstić information content (AvgIpc) is 2.98. The van der Waals surface area contributed by atoms with Crippen molar-refractivity contribution in [3.05, 3.63) is 82.9 Å². The second kappa shape index (κ2) is 8.90. The summed E-state index contributed by atoms with van der Waals surface area (Å²) in [5.41, 5.74) is 1.07. The molecule has 0 saturated heterocycles. The first-order chi connectivity index (χ1) is 14.3. The number of Topliss-reactive ketones (excluding diaryl/α,β-unsaturated/α-hetero) is 1. The monoisotopic (exact) mass is 411 g/mol. The van der Waals surface area contributed by atoms with E-state index in [-0.39, 0.29) is 18.5 Å². The predicted octanol–water partition coefficient (Wildman–Crippen LogP) is 3.46. The third-order valence-electron chi connectivity index (χ3n) is 5.18. The molecule has 0 spiro atoms. The van der Waals surface area contributed by atoms with Gasteiger partial charge >= 0.3 is 5.97 Å². The first-order valence-electron chi connectivity index (χ1n) is 9.45. The molecule has 0 saturated carbocycles. The molecule has 0 fully saturated rings. The fraction of sp³-hybridized carbons (Fsp3) is 0.261. The Labute approximate surface area is 173 Å². The van der Waals surface area contributed by atoms with Gasteiger partial charge in [-0.2, -0.15) is 0 Å². The molecule has 0 radical (unpaired) electrons. The van der Waals surface area contributed by atoms with Crippen molar-refractivity contribution in [2.24, 2.45) is 0 Å². The summed E-state index contributed by atoms with van der Waals surface area (Å²) in [4.78, 5) is 38.4. The molecule has 30 heavy (non-hydrogen) atoms. The number of carbonyl (C=O) groups excluding carboxylic acids is 3. The highest BCUT2D eigenvalue weighted by molar-refractivity contribution is 6.08. The number of amides is 1. The molecule has 2 atom stereocenters. The number of methoxy groups -OCH3 is 1. The zero-order valence-electron chi connectivity index (χ0n) is 16.7. The van der Waals surface area contributed by atoms with Crippen molar-refractivity contribution in [2.45, 2.75) is 25.3 Å². The van der Waals surface area contributed by atoms with E-state index in [0.717, 1.165) is 5.56 Å². The number of esters is 1. The minimum absolute atomic E-state index is 0.00364. The summed E-state index contributed by atoms with van der Waals surface area (Å²) in [5.74, 6) is -3.30. The summed E-state index contributed by atoms with van der Waals surface area (Å²) in [5, 5.41) is 10.4. The molecule has 0 unspecified atom stereocenters. The van der Waals surface area contributed by atoms with Crippen LogP contribution in [0.15, 0.2) is 65.9 Å². The quantitative estimate of drug-likeness (QED) is 0.706. The molecule has 6 nitrogen and oxygen atoms in total. The summed E-state index contributed by atoms with van der Waals surface area (Å²) in [7, 11) is 1.28. The van der Waals surface area contributed by atoms with Crippen molar-refractivity contribution >= 4 is 17.7 Å². The average molecular weight is 411 g/mol. The van der Waals surface area contributed by atoms with Crippen LogP contribution >= 0.6 is 0 Å². The third kappa shape index (κ3) is 4.25. The van der Waals surface area contributed by atoms with E-state index in [1.807, 2.05) is 30.3 Å². The van der Waals surface area contributed by atoms with Crippen LogP contribution in [-0.2, 0) is 19.1 Å². The number of carbonyl (C=O) groups is 3. The van der Waals surface area contributed by atoms with Crippen molar-refractivity contribution in [3.8, 4) is 0 Å². The van der Waals surface area contributed by atoms with Crippen molar-refractivity contribution in [2.75, 3.05) is 13.7 Å². The molecular weight excluding hydrogens is 389 g/mol. The lowest BCUT2D eigenvalue weighted by Gasteiger charge is -2.30. The molecule has 2 aromatic carbocycles. The maximum absolute atomic E-state index is 13.9. The summed E-state index contributed by atoms with van der Waals surface area (Å²) >= 11 is 0. The van der Waals surface area contributed by atoms with Crippen molar-refractivity contribution < 1.29 is 28.6 Å². The van der Waals surface area contributed by atoms with Crippen LogP contribution in [0.2, 0.25) is 0 Å². The maximum atomic E-state index is 13.9. The highest BCUT2D eigenvalue weighted by Gasteiger charge is 2.43. The molecule has 156 valence electrons. The van der Waals surface area contributed by atoms with Gasteiger partial charge in [0.2, 0.25) is 0 Å². The number of aliphatic hydroxyl groups is 1. The van der Waals surface area contributed by atoms with Crippen LogP contribution in [0.1, 0.15) is 36.4 Å². The van der Waals surface area contributed by atoms with Gasteiger partial charge in [-0.3, -0.25) is 14.4 Å². The normalized spacial score (nSPS) is 17.2. The van der Waals surface area contributed by atoms with Crippen LogP contribution in [0.5, 0.6) is 0 Å².